The highest BCUT2D eigenvalue weighted by Crippen LogP contribution is 2.37. The lowest BCUT2D eigenvalue weighted by atomic mass is 10.0. The van der Waals surface area contributed by atoms with Gasteiger partial charge in [-0.2, -0.15) is 22.7 Å². The standard InChI is InChI=1S/C22H20F3N3O2S/c1-15-5-6-19-20(17-4-2-3-16(12-17)13-26)14-28(21(19)11-15)18-7-9-27(10-8-18)31(29,30)22(23,24)25/h2-6,11-12,14,18H,7-10H2,1H3. The molecule has 0 N–H and O–H groups in total. The molecule has 1 aromatic heterocycles. The first-order valence-corrected chi connectivity index (χ1v) is 11.2. The zero-order chi connectivity index (χ0) is 22.4. The molecule has 1 fully saturated rings. The van der Waals surface area contributed by atoms with E-state index in [9.17, 15) is 26.9 Å². The number of halogens is 3. The van der Waals surface area contributed by atoms with Gasteiger partial charge < -0.3 is 4.57 Å². The molecular formula is C22H20F3N3O2S. The molecule has 31 heavy (non-hydrogen) atoms. The van der Waals surface area contributed by atoms with E-state index in [4.69, 9.17) is 0 Å². The van der Waals surface area contributed by atoms with Crippen molar-refractivity contribution in [3.8, 4) is 17.2 Å². The number of aromatic nitrogens is 1. The van der Waals surface area contributed by atoms with Gasteiger partial charge in [0.05, 0.1) is 11.6 Å². The quantitative estimate of drug-likeness (QED) is 0.569. The highest BCUT2D eigenvalue weighted by Gasteiger charge is 2.50. The van der Waals surface area contributed by atoms with E-state index in [0.29, 0.717) is 9.87 Å². The van der Waals surface area contributed by atoms with Gasteiger partial charge in [-0.15, -0.1) is 0 Å². The fourth-order valence-electron chi connectivity index (χ4n) is 4.16. The Kier molecular flexibility index (Phi) is 5.31. The van der Waals surface area contributed by atoms with E-state index in [1.54, 1.807) is 12.1 Å². The van der Waals surface area contributed by atoms with Crippen LogP contribution in [0, 0.1) is 18.3 Å². The van der Waals surface area contributed by atoms with E-state index in [1.807, 2.05) is 48.0 Å². The summed E-state index contributed by atoms with van der Waals surface area (Å²) in [5.74, 6) is 0. The summed E-state index contributed by atoms with van der Waals surface area (Å²) in [4.78, 5) is 0. The van der Waals surface area contributed by atoms with Crippen LogP contribution in [0.15, 0.2) is 48.7 Å². The van der Waals surface area contributed by atoms with E-state index >= 15 is 0 Å². The van der Waals surface area contributed by atoms with E-state index in [-0.39, 0.29) is 32.0 Å². The lowest BCUT2D eigenvalue weighted by Gasteiger charge is -2.32. The van der Waals surface area contributed by atoms with Crippen molar-refractivity contribution >= 4 is 20.9 Å². The van der Waals surface area contributed by atoms with Gasteiger partial charge in [0.1, 0.15) is 0 Å². The van der Waals surface area contributed by atoms with Crippen molar-refractivity contribution in [3.63, 3.8) is 0 Å². The normalized spacial score (nSPS) is 16.5. The number of fused-ring (bicyclic) bond motifs is 1. The van der Waals surface area contributed by atoms with Crippen molar-refractivity contribution in [2.75, 3.05) is 13.1 Å². The van der Waals surface area contributed by atoms with Crippen molar-refractivity contribution in [2.24, 2.45) is 0 Å². The fraction of sp³-hybridized carbons (Fsp3) is 0.318. The summed E-state index contributed by atoms with van der Waals surface area (Å²) in [5.41, 5.74) is -0.955. The number of sulfonamides is 1. The Balaban J connectivity index is 1.71. The van der Waals surface area contributed by atoms with Gasteiger partial charge in [0.25, 0.3) is 0 Å². The van der Waals surface area contributed by atoms with Crippen molar-refractivity contribution in [1.82, 2.24) is 8.87 Å². The van der Waals surface area contributed by atoms with Gasteiger partial charge in [-0.05, 0) is 49.1 Å². The maximum atomic E-state index is 12.9. The Labute approximate surface area is 178 Å². The van der Waals surface area contributed by atoms with E-state index in [0.717, 1.165) is 27.6 Å². The van der Waals surface area contributed by atoms with Gasteiger partial charge in [-0.3, -0.25) is 0 Å². The first kappa shape index (κ1) is 21.4. The molecule has 1 aliphatic heterocycles. The summed E-state index contributed by atoms with van der Waals surface area (Å²) in [5, 5.41) is 10.2. The van der Waals surface area contributed by atoms with Crippen LogP contribution in [-0.2, 0) is 10.0 Å². The number of aryl methyl sites for hydroxylation is 1. The molecule has 2 heterocycles. The summed E-state index contributed by atoms with van der Waals surface area (Å²) in [6, 6.07) is 15.3. The van der Waals surface area contributed by atoms with Crippen molar-refractivity contribution in [1.29, 1.82) is 5.26 Å². The molecule has 0 aliphatic carbocycles. The number of rotatable bonds is 3. The third-order valence-corrected chi connectivity index (χ3v) is 7.37. The minimum absolute atomic E-state index is 0.128. The van der Waals surface area contributed by atoms with Gasteiger partial charge in [0.15, 0.2) is 0 Å². The Morgan fingerprint density at radius 3 is 2.45 bits per heavy atom. The zero-order valence-corrected chi connectivity index (χ0v) is 17.5. The first-order chi connectivity index (χ1) is 14.6. The second-order valence-corrected chi connectivity index (χ2v) is 9.67. The summed E-state index contributed by atoms with van der Waals surface area (Å²) in [6.45, 7) is 1.60. The number of nitriles is 1. The predicted molar refractivity (Wildman–Crippen MR) is 112 cm³/mol. The topological polar surface area (TPSA) is 66.1 Å². The molecule has 1 saturated heterocycles. The molecule has 1 aliphatic rings. The third kappa shape index (κ3) is 3.82. The van der Waals surface area contributed by atoms with E-state index in [1.165, 1.54) is 0 Å². The van der Waals surface area contributed by atoms with Gasteiger partial charge in [0, 0.05) is 41.8 Å². The van der Waals surface area contributed by atoms with Gasteiger partial charge >= 0.3 is 15.5 Å². The lowest BCUT2D eigenvalue weighted by molar-refractivity contribution is -0.0496. The molecule has 0 bridgehead atoms. The SMILES string of the molecule is Cc1ccc2c(-c3cccc(C#N)c3)cn(C3CCN(S(=O)(=O)C(F)(F)F)CC3)c2c1. The number of hydrogen-bond acceptors (Lipinski definition) is 3. The van der Waals surface area contributed by atoms with Crippen LogP contribution in [-0.4, -0.2) is 35.9 Å². The molecule has 4 rings (SSSR count). The fourth-order valence-corrected chi connectivity index (χ4v) is 5.14. The molecule has 9 heteroatoms. The molecule has 0 saturated carbocycles. The van der Waals surface area contributed by atoms with Crippen molar-refractivity contribution in [3.05, 3.63) is 59.8 Å². The Morgan fingerprint density at radius 2 is 1.81 bits per heavy atom. The molecule has 5 nitrogen and oxygen atoms in total. The number of alkyl halides is 3. The predicted octanol–water partition coefficient (Wildman–Crippen LogP) is 4.97. The van der Waals surface area contributed by atoms with Crippen LogP contribution in [0.1, 0.15) is 30.0 Å². The van der Waals surface area contributed by atoms with Gasteiger partial charge in [-0.25, -0.2) is 8.42 Å². The van der Waals surface area contributed by atoms with Crippen LogP contribution in [0.25, 0.3) is 22.0 Å². The van der Waals surface area contributed by atoms with E-state index < -0.39 is 15.5 Å². The number of nitrogens with zero attached hydrogens (tertiary/aromatic N) is 3. The average Bonchev–Trinajstić information content (AvgIpc) is 3.11. The Bertz CT molecular complexity index is 1280. The number of benzene rings is 2. The molecule has 0 radical (unpaired) electrons. The number of piperidine rings is 1. The molecule has 0 spiro atoms. The summed E-state index contributed by atoms with van der Waals surface area (Å²) in [7, 11) is -5.31. The zero-order valence-electron chi connectivity index (χ0n) is 16.7. The van der Waals surface area contributed by atoms with Gasteiger partial charge in [0.2, 0.25) is 0 Å². The summed E-state index contributed by atoms with van der Waals surface area (Å²) >= 11 is 0. The molecule has 162 valence electrons. The third-order valence-electron chi connectivity index (χ3n) is 5.74. The maximum absolute atomic E-state index is 12.9. The molecular weight excluding hydrogens is 427 g/mol. The van der Waals surface area contributed by atoms with Crippen LogP contribution >= 0.6 is 0 Å². The first-order valence-electron chi connectivity index (χ1n) is 9.80. The molecule has 3 aromatic rings. The van der Waals surface area contributed by atoms with Gasteiger partial charge in [-0.1, -0.05) is 24.3 Å². The minimum Gasteiger partial charge on any atom is -0.344 e. The maximum Gasteiger partial charge on any atom is 0.511 e. The lowest BCUT2D eigenvalue weighted by Crippen LogP contribution is -2.45. The van der Waals surface area contributed by atoms with Crippen molar-refractivity contribution in [2.45, 2.75) is 31.3 Å². The van der Waals surface area contributed by atoms with Crippen LogP contribution in [0.3, 0.4) is 0 Å². The largest absolute Gasteiger partial charge is 0.511 e. The minimum atomic E-state index is -5.31. The average molecular weight is 447 g/mol. The second-order valence-electron chi connectivity index (χ2n) is 7.74. The van der Waals surface area contributed by atoms with Crippen LogP contribution < -0.4 is 0 Å². The molecule has 2 aromatic carbocycles. The van der Waals surface area contributed by atoms with E-state index in [2.05, 4.69) is 6.07 Å². The van der Waals surface area contributed by atoms with Crippen molar-refractivity contribution < 1.29 is 21.6 Å². The highest BCUT2D eigenvalue weighted by molar-refractivity contribution is 7.90. The summed E-state index contributed by atoms with van der Waals surface area (Å²) < 4.78 is 64.7. The second kappa shape index (κ2) is 7.70. The number of hydrogen-bond donors (Lipinski definition) is 0. The smallest absolute Gasteiger partial charge is 0.344 e. The monoisotopic (exact) mass is 447 g/mol. The molecule has 0 unspecified atom stereocenters. The van der Waals surface area contributed by atoms with Crippen LogP contribution in [0.2, 0.25) is 0 Å². The van der Waals surface area contributed by atoms with Crippen LogP contribution in [0.5, 0.6) is 0 Å². The van der Waals surface area contributed by atoms with Crippen LogP contribution in [0.4, 0.5) is 13.2 Å². The Hall–Kier alpha value is -2.83. The molecule has 0 amide bonds. The Morgan fingerprint density at radius 1 is 1.10 bits per heavy atom. The molecule has 0 atom stereocenters. The summed E-state index contributed by atoms with van der Waals surface area (Å²) in [6.07, 6.45) is 2.52. The highest BCUT2D eigenvalue weighted by atomic mass is 32.2.